The molecule has 3 nitrogen and oxygen atoms in total. The molecule has 0 saturated heterocycles. The van der Waals surface area contributed by atoms with Crippen molar-refractivity contribution in [2.75, 3.05) is 5.32 Å². The normalized spacial score (nSPS) is 12.6. The van der Waals surface area contributed by atoms with Crippen molar-refractivity contribution in [3.63, 3.8) is 0 Å². The minimum absolute atomic E-state index is 0.0265. The lowest BCUT2D eigenvalue weighted by molar-refractivity contribution is -0.137. The van der Waals surface area contributed by atoms with Crippen LogP contribution in [0.4, 0.5) is 18.9 Å². The van der Waals surface area contributed by atoms with Crippen molar-refractivity contribution < 1.29 is 18.0 Å². The number of alkyl halides is 3. The first-order valence-electron chi connectivity index (χ1n) is 8.05. The highest BCUT2D eigenvalue weighted by molar-refractivity contribution is 8.01. The molecule has 0 bridgehead atoms. The van der Waals surface area contributed by atoms with Gasteiger partial charge < -0.3 is 5.32 Å². The second kappa shape index (κ2) is 8.55. The van der Waals surface area contributed by atoms with Gasteiger partial charge >= 0.3 is 6.18 Å². The van der Waals surface area contributed by atoms with Gasteiger partial charge in [0.05, 0.1) is 10.6 Å². The third-order valence-corrected chi connectivity index (χ3v) is 6.37. The first-order chi connectivity index (χ1) is 13.2. The van der Waals surface area contributed by atoms with Crippen LogP contribution in [0.5, 0.6) is 0 Å². The number of aryl methyl sites for hydroxylation is 1. The lowest BCUT2D eigenvalue weighted by Gasteiger charge is -2.17. The maximum Gasteiger partial charge on any atom is 0.417 e. The number of thiazole rings is 1. The predicted molar refractivity (Wildman–Crippen MR) is 107 cm³/mol. The molecule has 0 aliphatic heterocycles. The van der Waals surface area contributed by atoms with E-state index in [9.17, 15) is 18.0 Å². The Labute approximate surface area is 172 Å². The molecule has 2 aromatic carbocycles. The number of benzene rings is 2. The minimum Gasteiger partial charge on any atom is -0.325 e. The summed E-state index contributed by atoms with van der Waals surface area (Å²) in [5.74, 6) is -0.445. The van der Waals surface area contributed by atoms with Gasteiger partial charge in [-0.2, -0.15) is 13.2 Å². The quantitative estimate of drug-likeness (QED) is 0.453. The molecule has 0 aliphatic rings. The molecule has 0 saturated carbocycles. The number of anilines is 1. The van der Waals surface area contributed by atoms with Crippen LogP contribution in [-0.2, 0) is 11.0 Å². The zero-order chi connectivity index (χ0) is 20.3. The number of aromatic nitrogens is 1. The molecule has 0 fully saturated rings. The third kappa shape index (κ3) is 5.06. The third-order valence-electron chi connectivity index (χ3n) is 3.70. The van der Waals surface area contributed by atoms with E-state index in [4.69, 9.17) is 11.6 Å². The average Bonchev–Trinajstić information content (AvgIpc) is 3.06. The van der Waals surface area contributed by atoms with Crippen molar-refractivity contribution in [3.8, 4) is 0 Å². The zero-order valence-electron chi connectivity index (χ0n) is 14.5. The fourth-order valence-electron chi connectivity index (χ4n) is 2.42. The molecule has 1 aromatic heterocycles. The smallest absolute Gasteiger partial charge is 0.325 e. The van der Waals surface area contributed by atoms with Gasteiger partial charge in [-0.15, -0.1) is 11.3 Å². The summed E-state index contributed by atoms with van der Waals surface area (Å²) in [4.78, 5) is 17.3. The number of rotatable bonds is 5. The lowest BCUT2D eigenvalue weighted by Crippen LogP contribution is -2.19. The van der Waals surface area contributed by atoms with Crippen molar-refractivity contribution in [3.05, 3.63) is 75.8 Å². The summed E-state index contributed by atoms with van der Waals surface area (Å²) in [6, 6.07) is 12.3. The molecule has 1 heterocycles. The second-order valence-electron chi connectivity index (χ2n) is 5.85. The molecule has 3 aromatic rings. The summed E-state index contributed by atoms with van der Waals surface area (Å²) in [5, 5.41) is 3.35. The van der Waals surface area contributed by atoms with Gasteiger partial charge in [-0.3, -0.25) is 4.79 Å². The Hall–Kier alpha value is -2.03. The second-order valence-corrected chi connectivity index (χ2v) is 8.46. The first-order valence-corrected chi connectivity index (χ1v) is 10.2. The fourth-order valence-corrected chi connectivity index (χ4v) is 4.67. The van der Waals surface area contributed by atoms with Gasteiger partial charge in [0.15, 0.2) is 4.34 Å². The summed E-state index contributed by atoms with van der Waals surface area (Å²) >= 11 is 8.30. The summed E-state index contributed by atoms with van der Waals surface area (Å²) < 4.78 is 39.9. The Bertz CT molecular complexity index is 977. The Balaban J connectivity index is 1.87. The number of carbonyl (C=O) groups is 1. The number of amides is 1. The van der Waals surface area contributed by atoms with Crippen molar-refractivity contribution in [2.45, 2.75) is 22.7 Å². The first kappa shape index (κ1) is 20.7. The summed E-state index contributed by atoms with van der Waals surface area (Å²) in [7, 11) is 0. The van der Waals surface area contributed by atoms with Crippen LogP contribution in [-0.4, -0.2) is 10.9 Å². The fraction of sp³-hybridized carbons (Fsp3) is 0.158. The highest BCUT2D eigenvalue weighted by Gasteiger charge is 2.33. The van der Waals surface area contributed by atoms with Gasteiger partial charge in [-0.1, -0.05) is 53.7 Å². The van der Waals surface area contributed by atoms with E-state index in [1.54, 1.807) is 24.3 Å². The number of nitrogens with one attached hydrogen (secondary N) is 1. The van der Waals surface area contributed by atoms with Crippen LogP contribution in [0.1, 0.15) is 22.1 Å². The molecular formula is C19H14ClF3N2OS2. The molecular weight excluding hydrogens is 429 g/mol. The Morgan fingerprint density at radius 2 is 1.93 bits per heavy atom. The van der Waals surface area contributed by atoms with E-state index in [1.165, 1.54) is 29.2 Å². The van der Waals surface area contributed by atoms with E-state index in [1.807, 2.05) is 18.4 Å². The van der Waals surface area contributed by atoms with E-state index in [2.05, 4.69) is 10.3 Å². The van der Waals surface area contributed by atoms with Gasteiger partial charge in [-0.25, -0.2) is 4.98 Å². The Kier molecular flexibility index (Phi) is 6.32. The topological polar surface area (TPSA) is 42.0 Å². The number of hydrogen-bond donors (Lipinski definition) is 1. The predicted octanol–water partition coefficient (Wildman–Crippen LogP) is 6.60. The SMILES string of the molecule is Cc1csc(S[C@H](C(=O)Nc2ccc(Cl)c(C(F)(F)F)c2)c2ccccc2)n1. The van der Waals surface area contributed by atoms with E-state index in [0.29, 0.717) is 4.34 Å². The number of carbonyl (C=O) groups excluding carboxylic acids is 1. The largest absolute Gasteiger partial charge is 0.417 e. The van der Waals surface area contributed by atoms with E-state index < -0.39 is 27.9 Å². The highest BCUT2D eigenvalue weighted by atomic mass is 35.5. The standard InChI is InChI=1S/C19H14ClF3N2OS2/c1-11-10-27-18(24-11)28-16(12-5-3-2-4-6-12)17(26)25-13-7-8-15(20)14(9-13)19(21,22)23/h2-10,16H,1H3,(H,25,26)/t16-/m0/s1. The van der Waals surface area contributed by atoms with E-state index >= 15 is 0 Å². The highest BCUT2D eigenvalue weighted by Crippen LogP contribution is 2.39. The number of halogens is 4. The van der Waals surface area contributed by atoms with Crippen LogP contribution in [0, 0.1) is 6.92 Å². The van der Waals surface area contributed by atoms with Crippen LogP contribution < -0.4 is 5.32 Å². The minimum atomic E-state index is -4.61. The van der Waals surface area contributed by atoms with Crippen LogP contribution in [0.25, 0.3) is 0 Å². The molecule has 0 aliphatic carbocycles. The molecule has 1 atom stereocenters. The number of thioether (sulfide) groups is 1. The zero-order valence-corrected chi connectivity index (χ0v) is 16.8. The van der Waals surface area contributed by atoms with Gasteiger partial charge in [0, 0.05) is 16.8 Å². The van der Waals surface area contributed by atoms with Crippen molar-refractivity contribution >= 4 is 46.3 Å². The van der Waals surface area contributed by atoms with Gasteiger partial charge in [0.2, 0.25) is 5.91 Å². The Morgan fingerprint density at radius 3 is 2.54 bits per heavy atom. The molecule has 0 radical (unpaired) electrons. The number of hydrogen-bond acceptors (Lipinski definition) is 4. The van der Waals surface area contributed by atoms with Crippen LogP contribution >= 0.6 is 34.7 Å². The van der Waals surface area contributed by atoms with Crippen LogP contribution in [0.3, 0.4) is 0 Å². The molecule has 0 spiro atoms. The summed E-state index contributed by atoms with van der Waals surface area (Å²) in [6.07, 6.45) is -4.61. The molecule has 0 unspecified atom stereocenters. The van der Waals surface area contributed by atoms with Gasteiger partial charge in [0.1, 0.15) is 5.25 Å². The van der Waals surface area contributed by atoms with Gasteiger partial charge in [0.25, 0.3) is 0 Å². The van der Waals surface area contributed by atoms with Crippen LogP contribution in [0.2, 0.25) is 5.02 Å². The Morgan fingerprint density at radius 1 is 1.21 bits per heavy atom. The maximum absolute atomic E-state index is 13.1. The lowest BCUT2D eigenvalue weighted by atomic mass is 10.1. The van der Waals surface area contributed by atoms with Gasteiger partial charge in [-0.05, 0) is 30.7 Å². The molecule has 146 valence electrons. The van der Waals surface area contributed by atoms with Crippen molar-refractivity contribution in [2.24, 2.45) is 0 Å². The van der Waals surface area contributed by atoms with Crippen molar-refractivity contribution in [1.82, 2.24) is 4.98 Å². The molecule has 1 N–H and O–H groups in total. The average molecular weight is 443 g/mol. The molecule has 3 rings (SSSR count). The van der Waals surface area contributed by atoms with E-state index in [0.717, 1.165) is 23.4 Å². The molecule has 9 heteroatoms. The van der Waals surface area contributed by atoms with Crippen LogP contribution in [0.15, 0.2) is 58.3 Å². The summed E-state index contributed by atoms with van der Waals surface area (Å²) in [5.41, 5.74) is 0.597. The summed E-state index contributed by atoms with van der Waals surface area (Å²) in [6.45, 7) is 1.85. The molecule has 28 heavy (non-hydrogen) atoms. The van der Waals surface area contributed by atoms with Crippen molar-refractivity contribution in [1.29, 1.82) is 0 Å². The maximum atomic E-state index is 13.1. The monoisotopic (exact) mass is 442 g/mol. The van der Waals surface area contributed by atoms with E-state index in [-0.39, 0.29) is 5.69 Å². The number of nitrogens with zero attached hydrogens (tertiary/aromatic N) is 1. The molecule has 1 amide bonds.